The zero-order valence-corrected chi connectivity index (χ0v) is 15.2. The van der Waals surface area contributed by atoms with E-state index in [4.69, 9.17) is 5.11 Å². The van der Waals surface area contributed by atoms with Crippen LogP contribution >= 0.6 is 0 Å². The van der Waals surface area contributed by atoms with Gasteiger partial charge in [-0.05, 0) is 19.3 Å². The SMILES string of the molecule is CCCCCCCCCCCCCC(CCCC(=O)O)O[N+](=O)[O-]. The number of carboxylic acid groups (broad SMARTS) is 1. The molecule has 24 heavy (non-hydrogen) atoms. The summed E-state index contributed by atoms with van der Waals surface area (Å²) in [6.45, 7) is 2.23. The van der Waals surface area contributed by atoms with E-state index in [2.05, 4.69) is 11.8 Å². The number of aliphatic carboxylic acids is 1. The van der Waals surface area contributed by atoms with E-state index in [1.54, 1.807) is 0 Å². The van der Waals surface area contributed by atoms with Gasteiger partial charge in [-0.25, -0.2) is 0 Å². The van der Waals surface area contributed by atoms with Crippen molar-refractivity contribution in [3.63, 3.8) is 0 Å². The molecule has 0 saturated heterocycles. The fourth-order valence-electron chi connectivity index (χ4n) is 2.89. The van der Waals surface area contributed by atoms with Crippen LogP contribution in [0.3, 0.4) is 0 Å². The van der Waals surface area contributed by atoms with Crippen LogP contribution in [0.5, 0.6) is 0 Å². The first-order chi connectivity index (χ1) is 11.6. The molecule has 142 valence electrons. The highest BCUT2D eigenvalue weighted by molar-refractivity contribution is 5.66. The van der Waals surface area contributed by atoms with Crippen molar-refractivity contribution in [1.82, 2.24) is 0 Å². The molecule has 0 aromatic carbocycles. The molecule has 6 nitrogen and oxygen atoms in total. The average molecular weight is 345 g/mol. The van der Waals surface area contributed by atoms with Gasteiger partial charge in [-0.2, -0.15) is 0 Å². The smallest absolute Gasteiger partial charge is 0.303 e. The molecular weight excluding hydrogens is 310 g/mol. The van der Waals surface area contributed by atoms with Crippen molar-refractivity contribution < 1.29 is 19.8 Å². The van der Waals surface area contributed by atoms with Crippen molar-refractivity contribution in [3.05, 3.63) is 10.1 Å². The number of nitrogens with zero attached hydrogens (tertiary/aromatic N) is 1. The predicted octanol–water partition coefficient (Wildman–Crippen LogP) is 5.52. The van der Waals surface area contributed by atoms with E-state index in [1.165, 1.54) is 51.4 Å². The summed E-state index contributed by atoms with van der Waals surface area (Å²) in [5.74, 6) is -0.871. The van der Waals surface area contributed by atoms with Crippen LogP contribution in [-0.4, -0.2) is 22.3 Å². The summed E-state index contributed by atoms with van der Waals surface area (Å²) in [4.78, 5) is 25.6. The Morgan fingerprint density at radius 1 is 0.917 bits per heavy atom. The summed E-state index contributed by atoms with van der Waals surface area (Å²) < 4.78 is 0. The molecule has 0 amide bonds. The third kappa shape index (κ3) is 17.0. The van der Waals surface area contributed by atoms with Crippen LogP contribution in [0.15, 0.2) is 0 Å². The Hall–Kier alpha value is -1.33. The molecule has 0 bridgehead atoms. The van der Waals surface area contributed by atoms with Crippen LogP contribution in [0.2, 0.25) is 0 Å². The number of rotatable bonds is 18. The molecule has 0 rings (SSSR count). The number of carbonyl (C=O) groups is 1. The standard InChI is InChI=1S/C18H35NO5/c1-2-3-4-5-6-7-8-9-10-11-12-14-17(24-19(22)23)15-13-16-18(20)21/h17H,2-16H2,1H3,(H,20,21). The van der Waals surface area contributed by atoms with E-state index in [0.29, 0.717) is 19.3 Å². The Bertz CT molecular complexity index is 323. The summed E-state index contributed by atoms with van der Waals surface area (Å²) in [7, 11) is 0. The van der Waals surface area contributed by atoms with E-state index >= 15 is 0 Å². The molecule has 0 heterocycles. The van der Waals surface area contributed by atoms with Gasteiger partial charge in [0.05, 0.1) is 0 Å². The molecule has 0 saturated carbocycles. The normalized spacial score (nSPS) is 12.0. The molecule has 0 aromatic rings. The van der Waals surface area contributed by atoms with Gasteiger partial charge < -0.3 is 9.94 Å². The summed E-state index contributed by atoms with van der Waals surface area (Å²) in [5.41, 5.74) is 0. The fraction of sp³-hybridized carbons (Fsp3) is 0.944. The molecule has 1 N–H and O–H groups in total. The van der Waals surface area contributed by atoms with Gasteiger partial charge in [-0.1, -0.05) is 77.6 Å². The molecule has 0 fully saturated rings. The first-order valence-corrected chi connectivity index (χ1v) is 9.59. The lowest BCUT2D eigenvalue weighted by Gasteiger charge is -2.14. The Morgan fingerprint density at radius 3 is 1.83 bits per heavy atom. The second-order valence-electron chi connectivity index (χ2n) is 6.56. The van der Waals surface area contributed by atoms with E-state index in [0.717, 1.165) is 19.3 Å². The van der Waals surface area contributed by atoms with Gasteiger partial charge in [0.15, 0.2) is 0 Å². The molecule has 0 aromatic heterocycles. The van der Waals surface area contributed by atoms with E-state index in [9.17, 15) is 14.9 Å². The van der Waals surface area contributed by atoms with Crippen LogP contribution in [0.25, 0.3) is 0 Å². The second kappa shape index (κ2) is 16.5. The summed E-state index contributed by atoms with van der Waals surface area (Å²) >= 11 is 0. The van der Waals surface area contributed by atoms with Gasteiger partial charge >= 0.3 is 5.97 Å². The Kier molecular flexibility index (Phi) is 15.6. The monoisotopic (exact) mass is 345 g/mol. The van der Waals surface area contributed by atoms with E-state index < -0.39 is 17.2 Å². The molecule has 0 spiro atoms. The van der Waals surface area contributed by atoms with Crippen LogP contribution in [0.1, 0.15) is 103 Å². The highest BCUT2D eigenvalue weighted by Crippen LogP contribution is 2.16. The molecule has 1 unspecified atom stereocenters. The van der Waals surface area contributed by atoms with Crippen LogP contribution in [0.4, 0.5) is 0 Å². The fourth-order valence-corrected chi connectivity index (χ4v) is 2.89. The third-order valence-corrected chi connectivity index (χ3v) is 4.28. The largest absolute Gasteiger partial charge is 0.481 e. The van der Waals surface area contributed by atoms with Gasteiger partial charge in [0.2, 0.25) is 0 Å². The van der Waals surface area contributed by atoms with Gasteiger partial charge in [0.1, 0.15) is 6.10 Å². The van der Waals surface area contributed by atoms with Crippen molar-refractivity contribution in [1.29, 1.82) is 0 Å². The zero-order chi connectivity index (χ0) is 18.0. The lowest BCUT2D eigenvalue weighted by molar-refractivity contribution is -0.769. The van der Waals surface area contributed by atoms with E-state index in [-0.39, 0.29) is 6.42 Å². The van der Waals surface area contributed by atoms with Gasteiger partial charge in [0.25, 0.3) is 5.09 Å². The first kappa shape index (κ1) is 22.7. The van der Waals surface area contributed by atoms with Crippen molar-refractivity contribution in [2.24, 2.45) is 0 Å². The van der Waals surface area contributed by atoms with Crippen LogP contribution in [0, 0.1) is 10.1 Å². The molecule has 0 aliphatic heterocycles. The predicted molar refractivity (Wildman–Crippen MR) is 94.4 cm³/mol. The topological polar surface area (TPSA) is 89.7 Å². The first-order valence-electron chi connectivity index (χ1n) is 9.59. The molecule has 0 aliphatic carbocycles. The highest BCUT2D eigenvalue weighted by Gasteiger charge is 2.13. The minimum Gasteiger partial charge on any atom is -0.481 e. The molecule has 0 aliphatic rings. The van der Waals surface area contributed by atoms with Crippen molar-refractivity contribution in [2.75, 3.05) is 0 Å². The number of hydrogen-bond acceptors (Lipinski definition) is 4. The van der Waals surface area contributed by atoms with Gasteiger partial charge in [0, 0.05) is 6.42 Å². The second-order valence-corrected chi connectivity index (χ2v) is 6.56. The lowest BCUT2D eigenvalue weighted by Crippen LogP contribution is -2.17. The lowest BCUT2D eigenvalue weighted by atomic mass is 10.0. The number of hydrogen-bond donors (Lipinski definition) is 1. The van der Waals surface area contributed by atoms with E-state index in [1.807, 2.05) is 0 Å². The number of carboxylic acids is 1. The van der Waals surface area contributed by atoms with Crippen molar-refractivity contribution in [2.45, 2.75) is 109 Å². The average Bonchev–Trinajstić information content (AvgIpc) is 2.51. The highest BCUT2D eigenvalue weighted by atomic mass is 17.0. The summed E-state index contributed by atoms with van der Waals surface area (Å²) in [5, 5.41) is 18.3. The summed E-state index contributed by atoms with van der Waals surface area (Å²) in [6, 6.07) is 0. The third-order valence-electron chi connectivity index (χ3n) is 4.28. The van der Waals surface area contributed by atoms with Gasteiger partial charge in [-0.15, -0.1) is 10.1 Å². The molecule has 0 radical (unpaired) electrons. The van der Waals surface area contributed by atoms with Crippen LogP contribution < -0.4 is 0 Å². The molecular formula is C18H35NO5. The molecule has 6 heteroatoms. The minimum atomic E-state index is -0.871. The summed E-state index contributed by atoms with van der Waals surface area (Å²) in [6.07, 6.45) is 14.7. The van der Waals surface area contributed by atoms with Gasteiger partial charge in [-0.3, -0.25) is 4.79 Å². The Morgan fingerprint density at radius 2 is 1.38 bits per heavy atom. The minimum absolute atomic E-state index is 0.0375. The zero-order valence-electron chi connectivity index (χ0n) is 15.2. The van der Waals surface area contributed by atoms with Crippen LogP contribution in [-0.2, 0) is 9.63 Å². The quantitative estimate of drug-likeness (QED) is 0.201. The maximum Gasteiger partial charge on any atom is 0.303 e. The van der Waals surface area contributed by atoms with Crippen molar-refractivity contribution >= 4 is 5.97 Å². The Labute approximate surface area is 146 Å². The maximum absolute atomic E-state index is 10.5. The number of unbranched alkanes of at least 4 members (excludes halogenated alkanes) is 10. The van der Waals surface area contributed by atoms with Crippen molar-refractivity contribution in [3.8, 4) is 0 Å². The maximum atomic E-state index is 10.5. The Balaban J connectivity index is 3.54. The molecule has 1 atom stereocenters.